The second kappa shape index (κ2) is 12.0. The average molecular weight is 540 g/mol. The van der Waals surface area contributed by atoms with Crippen LogP contribution in [-0.2, 0) is 9.59 Å². The summed E-state index contributed by atoms with van der Waals surface area (Å²) in [7, 11) is 0. The number of nitrogens with zero attached hydrogens (tertiary/aromatic N) is 4. The number of nitro benzene ring substituents is 1. The minimum Gasteiger partial charge on any atom is -0.475 e. The molecule has 204 valence electrons. The molecule has 1 aromatic carbocycles. The first-order chi connectivity index (χ1) is 17.1. The first-order valence-corrected chi connectivity index (χ1v) is 10.7. The minimum atomic E-state index is -5.08. The monoisotopic (exact) mass is 540 g/mol. The van der Waals surface area contributed by atoms with Gasteiger partial charge in [0.25, 0.3) is 5.69 Å². The van der Waals surface area contributed by atoms with Gasteiger partial charge in [0.05, 0.1) is 16.0 Å². The SMILES string of the molecule is O=C(O)C(F)(F)F.O=C(O)C(F)(F)F.O=[N+]([O-])c1ccc(N2CCN3CCCCC3C2)c2ncccc12. The van der Waals surface area contributed by atoms with Crippen LogP contribution in [0.2, 0.25) is 0 Å². The molecule has 1 unspecified atom stereocenters. The number of carboxylic acid groups (broad SMARTS) is 2. The Morgan fingerprint density at radius 2 is 1.57 bits per heavy atom. The zero-order valence-corrected chi connectivity index (χ0v) is 19.0. The molecule has 16 heteroatoms. The van der Waals surface area contributed by atoms with Gasteiger partial charge >= 0.3 is 24.3 Å². The highest BCUT2D eigenvalue weighted by Crippen LogP contribution is 2.34. The van der Waals surface area contributed by atoms with Crippen LogP contribution in [0.25, 0.3) is 10.9 Å². The molecule has 1 aromatic heterocycles. The van der Waals surface area contributed by atoms with Crippen LogP contribution in [0.3, 0.4) is 0 Å². The van der Waals surface area contributed by atoms with Crippen LogP contribution in [-0.4, -0.2) is 81.5 Å². The van der Waals surface area contributed by atoms with E-state index in [1.807, 2.05) is 6.07 Å². The Hall–Kier alpha value is -3.69. The summed E-state index contributed by atoms with van der Waals surface area (Å²) < 4.78 is 63.5. The maximum atomic E-state index is 11.2. The number of carbonyl (C=O) groups is 2. The minimum absolute atomic E-state index is 0.133. The Kier molecular flexibility index (Phi) is 9.61. The zero-order valence-electron chi connectivity index (χ0n) is 19.0. The lowest BCUT2D eigenvalue weighted by molar-refractivity contribution is -0.383. The summed E-state index contributed by atoms with van der Waals surface area (Å²) in [4.78, 5) is 38.1. The molecule has 0 spiro atoms. The van der Waals surface area contributed by atoms with Crippen molar-refractivity contribution in [2.24, 2.45) is 0 Å². The molecule has 0 saturated carbocycles. The van der Waals surface area contributed by atoms with E-state index in [1.165, 1.54) is 25.8 Å². The molecule has 0 aliphatic carbocycles. The number of aromatic nitrogens is 1. The predicted molar refractivity (Wildman–Crippen MR) is 117 cm³/mol. The Morgan fingerprint density at radius 1 is 0.973 bits per heavy atom. The molecule has 2 aliphatic rings. The summed E-state index contributed by atoms with van der Waals surface area (Å²) in [5.74, 6) is -5.51. The van der Waals surface area contributed by atoms with Crippen LogP contribution in [0, 0.1) is 10.1 Å². The van der Waals surface area contributed by atoms with E-state index in [4.69, 9.17) is 19.8 Å². The van der Waals surface area contributed by atoms with Crippen molar-refractivity contribution in [2.75, 3.05) is 31.1 Å². The van der Waals surface area contributed by atoms with Crippen molar-refractivity contribution in [3.63, 3.8) is 0 Å². The van der Waals surface area contributed by atoms with Crippen molar-refractivity contribution >= 4 is 34.2 Å². The largest absolute Gasteiger partial charge is 0.490 e. The molecule has 1 atom stereocenters. The molecule has 2 N–H and O–H groups in total. The zero-order chi connectivity index (χ0) is 28.0. The highest BCUT2D eigenvalue weighted by molar-refractivity contribution is 5.97. The van der Waals surface area contributed by atoms with Crippen molar-refractivity contribution in [1.29, 1.82) is 0 Å². The van der Waals surface area contributed by atoms with Crippen molar-refractivity contribution in [1.82, 2.24) is 9.88 Å². The molecule has 0 radical (unpaired) electrons. The Bertz CT molecular complexity index is 1100. The second-order valence-electron chi connectivity index (χ2n) is 8.00. The van der Waals surface area contributed by atoms with E-state index in [-0.39, 0.29) is 10.6 Å². The number of benzene rings is 1. The number of nitro groups is 1. The fraction of sp³-hybridized carbons (Fsp3) is 0.476. The standard InChI is InChI=1S/C17H20N4O2.2C2HF3O2/c22-21(23)15-6-7-16(17-14(15)5-3-8-18-17)20-11-10-19-9-2-1-4-13(19)12-20;2*3-2(4,5)1(6)7/h3,5-8,13H,1-2,4,9-12H2;2*(H,6,7). The maximum absolute atomic E-state index is 11.2. The number of hydrogen-bond acceptors (Lipinski definition) is 7. The van der Waals surface area contributed by atoms with E-state index in [2.05, 4.69) is 14.8 Å². The fourth-order valence-corrected chi connectivity index (χ4v) is 3.93. The molecular weight excluding hydrogens is 518 g/mol. The van der Waals surface area contributed by atoms with Crippen LogP contribution in [0.4, 0.5) is 37.7 Å². The van der Waals surface area contributed by atoms with Crippen LogP contribution in [0.1, 0.15) is 19.3 Å². The summed E-state index contributed by atoms with van der Waals surface area (Å²) in [6.07, 6.45) is -4.60. The van der Waals surface area contributed by atoms with Gasteiger partial charge in [0, 0.05) is 37.9 Å². The van der Waals surface area contributed by atoms with Gasteiger partial charge in [-0.2, -0.15) is 26.3 Å². The van der Waals surface area contributed by atoms with E-state index < -0.39 is 24.3 Å². The highest BCUT2D eigenvalue weighted by Gasteiger charge is 2.39. The lowest BCUT2D eigenvalue weighted by Gasteiger charge is -2.45. The molecule has 4 rings (SSSR count). The lowest BCUT2D eigenvalue weighted by atomic mass is 9.99. The number of hydrogen-bond donors (Lipinski definition) is 2. The first-order valence-electron chi connectivity index (χ1n) is 10.7. The highest BCUT2D eigenvalue weighted by atomic mass is 19.4. The number of alkyl halides is 6. The quantitative estimate of drug-likeness (QED) is 0.328. The number of non-ortho nitro benzene ring substituents is 1. The number of aliphatic carboxylic acids is 2. The molecule has 37 heavy (non-hydrogen) atoms. The van der Waals surface area contributed by atoms with Crippen LogP contribution < -0.4 is 4.90 Å². The molecule has 2 fully saturated rings. The van der Waals surface area contributed by atoms with E-state index in [0.29, 0.717) is 11.4 Å². The summed E-state index contributed by atoms with van der Waals surface area (Å²) in [5, 5.41) is 26.1. The first kappa shape index (κ1) is 29.5. The summed E-state index contributed by atoms with van der Waals surface area (Å²) in [6.45, 7) is 4.22. The Labute approximate surface area is 205 Å². The third-order valence-corrected chi connectivity index (χ3v) is 5.59. The van der Waals surface area contributed by atoms with E-state index >= 15 is 0 Å². The van der Waals surface area contributed by atoms with Gasteiger partial charge in [-0.1, -0.05) is 6.42 Å². The van der Waals surface area contributed by atoms with E-state index in [1.54, 1.807) is 24.4 Å². The van der Waals surface area contributed by atoms with Gasteiger partial charge in [-0.05, 0) is 37.6 Å². The number of pyridine rings is 1. The third kappa shape index (κ3) is 8.16. The second-order valence-corrected chi connectivity index (χ2v) is 8.00. The number of piperidine rings is 1. The van der Waals surface area contributed by atoms with Gasteiger partial charge in [-0.25, -0.2) is 9.59 Å². The third-order valence-electron chi connectivity index (χ3n) is 5.59. The Morgan fingerprint density at radius 3 is 2.11 bits per heavy atom. The molecule has 2 aliphatic heterocycles. The van der Waals surface area contributed by atoms with Crippen LogP contribution in [0.15, 0.2) is 30.5 Å². The molecule has 0 amide bonds. The van der Waals surface area contributed by atoms with Crippen molar-refractivity contribution < 1.29 is 51.1 Å². The molecule has 10 nitrogen and oxygen atoms in total. The normalized spacial score (nSPS) is 18.0. The molecule has 3 heterocycles. The Balaban J connectivity index is 0.000000286. The average Bonchev–Trinajstić information content (AvgIpc) is 2.82. The van der Waals surface area contributed by atoms with Gasteiger partial charge in [0.15, 0.2) is 0 Å². The summed E-state index contributed by atoms with van der Waals surface area (Å²) >= 11 is 0. The number of halogens is 6. The van der Waals surface area contributed by atoms with Crippen molar-refractivity contribution in [3.05, 3.63) is 40.6 Å². The molecule has 0 bridgehead atoms. The number of anilines is 1. The van der Waals surface area contributed by atoms with Gasteiger partial charge < -0.3 is 15.1 Å². The maximum Gasteiger partial charge on any atom is 0.490 e. The van der Waals surface area contributed by atoms with Crippen molar-refractivity contribution in [3.8, 4) is 0 Å². The molecule has 2 aromatic rings. The molecular formula is C21H22F6N4O6. The smallest absolute Gasteiger partial charge is 0.475 e. The number of fused-ring (bicyclic) bond motifs is 2. The van der Waals surface area contributed by atoms with Gasteiger partial charge in [-0.15, -0.1) is 0 Å². The number of rotatable bonds is 2. The van der Waals surface area contributed by atoms with Crippen molar-refractivity contribution in [2.45, 2.75) is 37.7 Å². The fourth-order valence-electron chi connectivity index (χ4n) is 3.93. The van der Waals surface area contributed by atoms with E-state index in [9.17, 15) is 36.5 Å². The lowest BCUT2D eigenvalue weighted by Crippen LogP contribution is -2.54. The van der Waals surface area contributed by atoms with Gasteiger partial charge in [0.1, 0.15) is 5.52 Å². The summed E-state index contributed by atoms with van der Waals surface area (Å²) in [5.41, 5.74) is 1.90. The number of carboxylic acids is 2. The van der Waals surface area contributed by atoms with Gasteiger partial charge in [-0.3, -0.25) is 20.0 Å². The van der Waals surface area contributed by atoms with Crippen LogP contribution >= 0.6 is 0 Å². The van der Waals surface area contributed by atoms with E-state index in [0.717, 1.165) is 30.8 Å². The summed E-state index contributed by atoms with van der Waals surface area (Å²) in [6, 6.07) is 7.64. The number of piperazine rings is 1. The van der Waals surface area contributed by atoms with Gasteiger partial charge in [0.2, 0.25) is 0 Å². The predicted octanol–water partition coefficient (Wildman–Crippen LogP) is 4.08. The van der Waals surface area contributed by atoms with Crippen LogP contribution in [0.5, 0.6) is 0 Å². The topological polar surface area (TPSA) is 137 Å². The molecule has 2 saturated heterocycles.